The summed E-state index contributed by atoms with van der Waals surface area (Å²) in [7, 11) is 0. The van der Waals surface area contributed by atoms with E-state index in [2.05, 4.69) is 53.0 Å². The molecule has 0 saturated heterocycles. The van der Waals surface area contributed by atoms with Gasteiger partial charge in [-0.3, -0.25) is 0 Å². The fourth-order valence-electron chi connectivity index (χ4n) is 1.62. The summed E-state index contributed by atoms with van der Waals surface area (Å²) >= 11 is 1.39. The van der Waals surface area contributed by atoms with Gasteiger partial charge in [0, 0.05) is 11.5 Å². The van der Waals surface area contributed by atoms with Crippen molar-refractivity contribution in [2.45, 2.75) is 26.3 Å². The van der Waals surface area contributed by atoms with E-state index in [1.165, 1.54) is 22.7 Å². The Hall–Kier alpha value is -1.42. The molecule has 0 spiro atoms. The Balaban J connectivity index is 2.13. The van der Waals surface area contributed by atoms with Crippen LogP contribution in [0.2, 0.25) is 0 Å². The molecular weight excluding hydrogens is 218 g/mol. The Kier molecular flexibility index (Phi) is 3.51. The lowest BCUT2D eigenvalue weighted by atomic mass is 10.0. The lowest BCUT2D eigenvalue weighted by molar-refractivity contribution is 0.751. The monoisotopic (exact) mass is 233 g/mol. The molecule has 0 radical (unpaired) electrons. The van der Waals surface area contributed by atoms with Gasteiger partial charge < -0.3 is 5.32 Å². The van der Waals surface area contributed by atoms with Gasteiger partial charge in [0.25, 0.3) is 0 Å². The molecule has 16 heavy (non-hydrogen) atoms. The van der Waals surface area contributed by atoms with Gasteiger partial charge in [0.15, 0.2) is 0 Å². The van der Waals surface area contributed by atoms with Crippen LogP contribution in [0.3, 0.4) is 0 Å². The number of nitrogens with one attached hydrogen (secondary N) is 1. The molecule has 1 atom stereocenters. The Bertz CT molecular complexity index is 422. The first kappa shape index (κ1) is 11.1. The molecule has 84 valence electrons. The van der Waals surface area contributed by atoms with Gasteiger partial charge in [-0.25, -0.2) is 0 Å². The van der Waals surface area contributed by atoms with Crippen LogP contribution in [0.5, 0.6) is 0 Å². The summed E-state index contributed by atoms with van der Waals surface area (Å²) in [5.41, 5.74) is 2.60. The summed E-state index contributed by atoms with van der Waals surface area (Å²) in [4.78, 5) is 0. The van der Waals surface area contributed by atoms with Crippen LogP contribution >= 0.6 is 11.5 Å². The largest absolute Gasteiger partial charge is 0.368 e. The average molecular weight is 233 g/mol. The number of nitrogens with zero attached hydrogens (tertiary/aromatic N) is 2. The molecular formula is C12H15N3S. The third-order valence-corrected chi connectivity index (χ3v) is 3.16. The second-order valence-electron chi connectivity index (χ2n) is 3.80. The van der Waals surface area contributed by atoms with Crippen LogP contribution in [-0.4, -0.2) is 9.59 Å². The second kappa shape index (κ2) is 5.07. The van der Waals surface area contributed by atoms with Crippen molar-refractivity contribution < 1.29 is 0 Å². The number of benzene rings is 1. The third kappa shape index (κ3) is 2.58. The highest BCUT2D eigenvalue weighted by atomic mass is 32.1. The second-order valence-corrected chi connectivity index (χ2v) is 4.58. The lowest BCUT2D eigenvalue weighted by Gasteiger charge is -2.16. The zero-order valence-corrected chi connectivity index (χ0v) is 10.3. The molecule has 1 heterocycles. The number of aryl methyl sites for hydroxylation is 1. The molecule has 1 aromatic heterocycles. The van der Waals surface area contributed by atoms with Crippen molar-refractivity contribution in [3.05, 3.63) is 41.6 Å². The SMILES string of the molecule is CCC(Nc1cnns1)c1ccc(C)cc1. The number of aromatic nitrogens is 2. The van der Waals surface area contributed by atoms with E-state index in [0.29, 0.717) is 6.04 Å². The summed E-state index contributed by atoms with van der Waals surface area (Å²) in [5, 5.41) is 8.28. The maximum absolute atomic E-state index is 3.85. The predicted molar refractivity (Wildman–Crippen MR) is 67.7 cm³/mol. The van der Waals surface area contributed by atoms with E-state index in [1.807, 2.05) is 0 Å². The van der Waals surface area contributed by atoms with E-state index >= 15 is 0 Å². The quantitative estimate of drug-likeness (QED) is 0.879. The lowest BCUT2D eigenvalue weighted by Crippen LogP contribution is -2.08. The molecule has 0 fully saturated rings. The molecule has 2 aromatic rings. The van der Waals surface area contributed by atoms with Gasteiger partial charge in [-0.15, -0.1) is 5.10 Å². The summed E-state index contributed by atoms with van der Waals surface area (Å²) in [6, 6.07) is 8.97. The maximum atomic E-state index is 3.85. The van der Waals surface area contributed by atoms with E-state index < -0.39 is 0 Å². The smallest absolute Gasteiger partial charge is 0.130 e. The normalized spacial score (nSPS) is 12.4. The zero-order valence-electron chi connectivity index (χ0n) is 9.47. The van der Waals surface area contributed by atoms with Crippen LogP contribution in [0, 0.1) is 6.92 Å². The minimum Gasteiger partial charge on any atom is -0.368 e. The molecule has 0 saturated carbocycles. The average Bonchev–Trinajstić information content (AvgIpc) is 2.80. The molecule has 1 aromatic carbocycles. The van der Waals surface area contributed by atoms with Crippen LogP contribution in [0.15, 0.2) is 30.5 Å². The van der Waals surface area contributed by atoms with Gasteiger partial charge in [0.2, 0.25) is 0 Å². The fraction of sp³-hybridized carbons (Fsp3) is 0.333. The predicted octanol–water partition coefficient (Wildman–Crippen LogP) is 3.41. The van der Waals surface area contributed by atoms with Gasteiger partial charge in [0.1, 0.15) is 5.00 Å². The topological polar surface area (TPSA) is 37.8 Å². The van der Waals surface area contributed by atoms with Crippen molar-refractivity contribution >= 4 is 16.5 Å². The van der Waals surface area contributed by atoms with Crippen molar-refractivity contribution in [3.8, 4) is 0 Å². The van der Waals surface area contributed by atoms with E-state index in [-0.39, 0.29) is 0 Å². The Morgan fingerprint density at radius 2 is 2.06 bits per heavy atom. The number of hydrogen-bond acceptors (Lipinski definition) is 4. The highest BCUT2D eigenvalue weighted by Gasteiger charge is 2.09. The molecule has 0 aliphatic carbocycles. The van der Waals surface area contributed by atoms with E-state index in [4.69, 9.17) is 0 Å². The van der Waals surface area contributed by atoms with Gasteiger partial charge in [-0.1, -0.05) is 41.2 Å². The molecule has 1 unspecified atom stereocenters. The standard InChI is InChI=1S/C12H15N3S/c1-3-11(14-12-8-13-15-16-12)10-6-4-9(2)5-7-10/h4-8,11,14H,3H2,1-2H3. The fourth-order valence-corrected chi connectivity index (χ4v) is 2.09. The van der Waals surface area contributed by atoms with E-state index in [9.17, 15) is 0 Å². The summed E-state index contributed by atoms with van der Waals surface area (Å²) < 4.78 is 3.85. The first-order valence-corrected chi connectivity index (χ1v) is 6.17. The van der Waals surface area contributed by atoms with Crippen molar-refractivity contribution in [2.75, 3.05) is 5.32 Å². The van der Waals surface area contributed by atoms with Crippen molar-refractivity contribution in [2.24, 2.45) is 0 Å². The maximum Gasteiger partial charge on any atom is 0.130 e. The molecule has 3 nitrogen and oxygen atoms in total. The minimum atomic E-state index is 0.336. The van der Waals surface area contributed by atoms with Crippen LogP contribution in [0.1, 0.15) is 30.5 Å². The first-order valence-electron chi connectivity index (χ1n) is 5.40. The van der Waals surface area contributed by atoms with Crippen LogP contribution in [0.25, 0.3) is 0 Å². The van der Waals surface area contributed by atoms with Crippen LogP contribution in [0.4, 0.5) is 5.00 Å². The Morgan fingerprint density at radius 3 is 2.62 bits per heavy atom. The van der Waals surface area contributed by atoms with E-state index in [0.717, 1.165) is 11.4 Å². The summed E-state index contributed by atoms with van der Waals surface area (Å²) in [5.74, 6) is 0. The van der Waals surface area contributed by atoms with Gasteiger partial charge >= 0.3 is 0 Å². The minimum absolute atomic E-state index is 0.336. The molecule has 0 amide bonds. The number of hydrogen-bond donors (Lipinski definition) is 1. The van der Waals surface area contributed by atoms with Crippen LogP contribution in [-0.2, 0) is 0 Å². The van der Waals surface area contributed by atoms with Crippen molar-refractivity contribution in [3.63, 3.8) is 0 Å². The molecule has 0 bridgehead atoms. The van der Waals surface area contributed by atoms with E-state index in [1.54, 1.807) is 6.20 Å². The van der Waals surface area contributed by atoms with Gasteiger partial charge in [0.05, 0.1) is 12.2 Å². The van der Waals surface area contributed by atoms with Crippen LogP contribution < -0.4 is 5.32 Å². The molecule has 0 aliphatic rings. The zero-order chi connectivity index (χ0) is 11.4. The number of rotatable bonds is 4. The Labute approximate surface area is 99.7 Å². The molecule has 0 aliphatic heterocycles. The molecule has 4 heteroatoms. The van der Waals surface area contributed by atoms with Crippen molar-refractivity contribution in [1.29, 1.82) is 0 Å². The Morgan fingerprint density at radius 1 is 1.31 bits per heavy atom. The molecule has 1 N–H and O–H groups in total. The van der Waals surface area contributed by atoms with Crippen molar-refractivity contribution in [1.82, 2.24) is 9.59 Å². The molecule has 2 rings (SSSR count). The van der Waals surface area contributed by atoms with Gasteiger partial charge in [-0.2, -0.15) is 0 Å². The third-order valence-electron chi connectivity index (χ3n) is 2.57. The summed E-state index contributed by atoms with van der Waals surface area (Å²) in [6.45, 7) is 4.28. The highest BCUT2D eigenvalue weighted by molar-refractivity contribution is 7.09. The summed E-state index contributed by atoms with van der Waals surface area (Å²) in [6.07, 6.45) is 2.81. The first-order chi connectivity index (χ1) is 7.79. The highest BCUT2D eigenvalue weighted by Crippen LogP contribution is 2.23. The number of anilines is 1. The van der Waals surface area contributed by atoms with Gasteiger partial charge in [-0.05, 0) is 18.9 Å².